The van der Waals surface area contributed by atoms with Crippen molar-refractivity contribution in [2.75, 3.05) is 0 Å². The molecular formula is C13H17ClFNO4S. The Bertz CT molecular complexity index is 640. The van der Waals surface area contributed by atoms with Crippen LogP contribution in [0.5, 0.6) is 0 Å². The SMILES string of the molecule is C[C@H](NS(=O)(=O)c1cc(F)ccc1Cl)C(=O)OC(C)(C)C. The predicted molar refractivity (Wildman–Crippen MR) is 77.0 cm³/mol. The monoisotopic (exact) mass is 337 g/mol. The van der Waals surface area contributed by atoms with Crippen molar-refractivity contribution in [2.24, 2.45) is 0 Å². The highest BCUT2D eigenvalue weighted by Crippen LogP contribution is 2.22. The lowest BCUT2D eigenvalue weighted by molar-refractivity contribution is -0.156. The number of ether oxygens (including phenoxy) is 1. The smallest absolute Gasteiger partial charge is 0.324 e. The number of benzene rings is 1. The number of hydrogen-bond donors (Lipinski definition) is 1. The van der Waals surface area contributed by atoms with E-state index in [2.05, 4.69) is 4.72 Å². The van der Waals surface area contributed by atoms with E-state index in [4.69, 9.17) is 16.3 Å². The summed E-state index contributed by atoms with van der Waals surface area (Å²) in [6, 6.07) is 1.82. The van der Waals surface area contributed by atoms with Gasteiger partial charge in [-0.3, -0.25) is 4.79 Å². The van der Waals surface area contributed by atoms with Gasteiger partial charge >= 0.3 is 5.97 Å². The molecule has 0 aromatic heterocycles. The van der Waals surface area contributed by atoms with Crippen LogP contribution in [0.15, 0.2) is 23.1 Å². The van der Waals surface area contributed by atoms with Gasteiger partial charge in [-0.05, 0) is 45.9 Å². The minimum atomic E-state index is -4.14. The third kappa shape index (κ3) is 5.26. The number of carbonyl (C=O) groups excluding carboxylic acids is 1. The maximum Gasteiger partial charge on any atom is 0.324 e. The molecule has 8 heteroatoms. The standard InChI is InChI=1S/C13H17ClFNO4S/c1-8(12(17)20-13(2,3)4)16-21(18,19)11-7-9(15)5-6-10(11)14/h5-8,16H,1-4H3/t8-/m0/s1. The molecule has 0 aliphatic rings. The van der Waals surface area contributed by atoms with E-state index in [0.29, 0.717) is 0 Å². The molecule has 1 rings (SSSR count). The van der Waals surface area contributed by atoms with Crippen LogP contribution in [0.2, 0.25) is 5.02 Å². The van der Waals surface area contributed by atoms with Crippen molar-refractivity contribution in [1.82, 2.24) is 4.72 Å². The third-order valence-electron chi connectivity index (χ3n) is 2.28. The van der Waals surface area contributed by atoms with Gasteiger partial charge in [0.15, 0.2) is 0 Å². The Labute approximate surface area is 128 Å². The summed E-state index contributed by atoms with van der Waals surface area (Å²) in [7, 11) is -4.14. The van der Waals surface area contributed by atoms with Gasteiger partial charge in [0, 0.05) is 0 Å². The van der Waals surface area contributed by atoms with E-state index >= 15 is 0 Å². The van der Waals surface area contributed by atoms with E-state index in [1.54, 1.807) is 20.8 Å². The molecule has 1 aromatic carbocycles. The Morgan fingerprint density at radius 2 is 1.95 bits per heavy atom. The first-order chi connectivity index (χ1) is 9.42. The second kappa shape index (κ2) is 6.29. The molecule has 118 valence electrons. The molecule has 0 saturated carbocycles. The normalized spacial score (nSPS) is 13.8. The zero-order valence-electron chi connectivity index (χ0n) is 12.1. The van der Waals surface area contributed by atoms with Crippen LogP contribution in [0, 0.1) is 5.82 Å². The van der Waals surface area contributed by atoms with Crippen LogP contribution in [0.3, 0.4) is 0 Å². The average Bonchev–Trinajstić information content (AvgIpc) is 2.29. The van der Waals surface area contributed by atoms with Gasteiger partial charge < -0.3 is 4.74 Å². The molecule has 1 atom stereocenters. The summed E-state index contributed by atoms with van der Waals surface area (Å²) in [6.45, 7) is 6.32. The summed E-state index contributed by atoms with van der Waals surface area (Å²) in [6.07, 6.45) is 0. The van der Waals surface area contributed by atoms with Crippen LogP contribution in [-0.4, -0.2) is 26.0 Å². The van der Waals surface area contributed by atoms with E-state index in [-0.39, 0.29) is 5.02 Å². The lowest BCUT2D eigenvalue weighted by Gasteiger charge is -2.22. The molecule has 0 heterocycles. The van der Waals surface area contributed by atoms with Gasteiger partial charge in [0.2, 0.25) is 10.0 Å². The van der Waals surface area contributed by atoms with E-state index in [0.717, 1.165) is 18.2 Å². The number of carbonyl (C=O) groups is 1. The number of halogens is 2. The maximum atomic E-state index is 13.2. The highest BCUT2D eigenvalue weighted by atomic mass is 35.5. The molecule has 0 spiro atoms. The summed E-state index contributed by atoms with van der Waals surface area (Å²) in [5, 5.41) is -0.139. The molecule has 0 fully saturated rings. The molecule has 0 saturated heterocycles. The zero-order chi connectivity index (χ0) is 16.4. The van der Waals surface area contributed by atoms with Crippen molar-refractivity contribution < 1.29 is 22.3 Å². The molecule has 0 aliphatic heterocycles. The van der Waals surface area contributed by atoms with Crippen molar-refractivity contribution in [3.8, 4) is 0 Å². The molecule has 1 aromatic rings. The molecule has 0 radical (unpaired) electrons. The first-order valence-corrected chi connectivity index (χ1v) is 7.99. The first kappa shape index (κ1) is 17.9. The van der Waals surface area contributed by atoms with Gasteiger partial charge in [0.1, 0.15) is 22.4 Å². The molecule has 0 amide bonds. The van der Waals surface area contributed by atoms with Crippen molar-refractivity contribution in [1.29, 1.82) is 0 Å². The fraction of sp³-hybridized carbons (Fsp3) is 0.462. The molecule has 21 heavy (non-hydrogen) atoms. The largest absolute Gasteiger partial charge is 0.459 e. The number of sulfonamides is 1. The molecule has 0 bridgehead atoms. The van der Waals surface area contributed by atoms with Gasteiger partial charge in [-0.1, -0.05) is 11.6 Å². The highest BCUT2D eigenvalue weighted by molar-refractivity contribution is 7.89. The topological polar surface area (TPSA) is 72.5 Å². The van der Waals surface area contributed by atoms with Gasteiger partial charge in [-0.25, -0.2) is 12.8 Å². The fourth-order valence-corrected chi connectivity index (χ4v) is 3.12. The highest BCUT2D eigenvalue weighted by Gasteiger charge is 2.27. The van der Waals surface area contributed by atoms with Crippen molar-refractivity contribution >= 4 is 27.6 Å². The summed E-state index contributed by atoms with van der Waals surface area (Å²) in [5.41, 5.74) is -0.743. The fourth-order valence-electron chi connectivity index (χ4n) is 1.42. The molecular weight excluding hydrogens is 321 g/mol. The molecule has 1 N–H and O–H groups in total. The Hall–Kier alpha value is -1.18. The van der Waals surface area contributed by atoms with Crippen LogP contribution < -0.4 is 4.72 Å². The number of hydrogen-bond acceptors (Lipinski definition) is 4. The van der Waals surface area contributed by atoms with Crippen LogP contribution in [0.25, 0.3) is 0 Å². The first-order valence-electron chi connectivity index (χ1n) is 6.12. The Morgan fingerprint density at radius 3 is 2.48 bits per heavy atom. The molecule has 0 unspecified atom stereocenters. The van der Waals surface area contributed by atoms with Gasteiger partial charge in [-0.2, -0.15) is 4.72 Å². The van der Waals surface area contributed by atoms with Gasteiger partial charge in [-0.15, -0.1) is 0 Å². The van der Waals surface area contributed by atoms with Crippen LogP contribution in [-0.2, 0) is 19.6 Å². The Morgan fingerprint density at radius 1 is 1.38 bits per heavy atom. The Balaban J connectivity index is 2.95. The van der Waals surface area contributed by atoms with Crippen LogP contribution >= 0.6 is 11.6 Å². The minimum Gasteiger partial charge on any atom is -0.459 e. The summed E-state index contributed by atoms with van der Waals surface area (Å²) in [4.78, 5) is 11.3. The number of esters is 1. The summed E-state index contributed by atoms with van der Waals surface area (Å²) in [5.74, 6) is -1.48. The number of nitrogens with one attached hydrogen (secondary N) is 1. The lowest BCUT2D eigenvalue weighted by Crippen LogP contribution is -2.42. The van der Waals surface area contributed by atoms with Crippen molar-refractivity contribution in [3.05, 3.63) is 29.0 Å². The zero-order valence-corrected chi connectivity index (χ0v) is 13.7. The lowest BCUT2D eigenvalue weighted by atomic mass is 10.2. The second-order valence-corrected chi connectivity index (χ2v) is 7.54. The van der Waals surface area contributed by atoms with E-state index in [9.17, 15) is 17.6 Å². The average molecular weight is 338 g/mol. The van der Waals surface area contributed by atoms with E-state index < -0.39 is 38.3 Å². The van der Waals surface area contributed by atoms with Crippen LogP contribution in [0.1, 0.15) is 27.7 Å². The molecule has 5 nitrogen and oxygen atoms in total. The molecule has 0 aliphatic carbocycles. The quantitative estimate of drug-likeness (QED) is 0.857. The van der Waals surface area contributed by atoms with Crippen LogP contribution in [0.4, 0.5) is 4.39 Å². The van der Waals surface area contributed by atoms with E-state index in [1.807, 2.05) is 0 Å². The van der Waals surface area contributed by atoms with Crippen molar-refractivity contribution in [3.63, 3.8) is 0 Å². The number of rotatable bonds is 4. The van der Waals surface area contributed by atoms with Gasteiger partial charge in [0.05, 0.1) is 5.02 Å². The minimum absolute atomic E-state index is 0.139. The summed E-state index contributed by atoms with van der Waals surface area (Å²) >= 11 is 5.75. The Kier molecular flexibility index (Phi) is 5.35. The van der Waals surface area contributed by atoms with Crippen molar-refractivity contribution in [2.45, 2.75) is 44.2 Å². The summed E-state index contributed by atoms with van der Waals surface area (Å²) < 4.78 is 44.6. The van der Waals surface area contributed by atoms with Gasteiger partial charge in [0.25, 0.3) is 0 Å². The second-order valence-electron chi connectivity index (χ2n) is 5.45. The maximum absolute atomic E-state index is 13.2. The third-order valence-corrected chi connectivity index (χ3v) is 4.30. The van der Waals surface area contributed by atoms with E-state index in [1.165, 1.54) is 6.92 Å². The predicted octanol–water partition coefficient (Wildman–Crippen LogP) is 2.49.